The van der Waals surface area contributed by atoms with Gasteiger partial charge in [0.2, 0.25) is 10.0 Å². The Kier molecular flexibility index (Phi) is 7.88. The molecule has 0 bridgehead atoms. The fourth-order valence-electron chi connectivity index (χ4n) is 5.32. The number of sulfonamides is 1. The molecule has 0 atom stereocenters. The number of hydrogen-bond acceptors (Lipinski definition) is 8. The van der Waals surface area contributed by atoms with Crippen molar-refractivity contribution in [2.75, 3.05) is 29.0 Å². The third-order valence-corrected chi connectivity index (χ3v) is 7.68. The van der Waals surface area contributed by atoms with Crippen LogP contribution in [-0.2, 0) is 14.8 Å². The van der Waals surface area contributed by atoms with Crippen molar-refractivity contribution in [2.24, 2.45) is 0 Å². The van der Waals surface area contributed by atoms with Gasteiger partial charge in [0.05, 0.1) is 34.3 Å². The normalized spacial score (nSPS) is 14.0. The van der Waals surface area contributed by atoms with Crippen molar-refractivity contribution in [1.82, 2.24) is 14.8 Å². The minimum atomic E-state index is -3.65. The van der Waals surface area contributed by atoms with Crippen molar-refractivity contribution >= 4 is 38.5 Å². The van der Waals surface area contributed by atoms with E-state index in [1.165, 1.54) is 18.6 Å². The van der Waals surface area contributed by atoms with Gasteiger partial charge in [-0.05, 0) is 82.9 Å². The van der Waals surface area contributed by atoms with Gasteiger partial charge in [-0.3, -0.25) is 4.72 Å². The quantitative estimate of drug-likeness (QED) is 0.284. The number of aromatic nitrogens is 3. The molecule has 1 aliphatic heterocycles. The monoisotopic (exact) mass is 604 g/mol. The summed E-state index contributed by atoms with van der Waals surface area (Å²) in [6, 6.07) is 13.8. The molecule has 2 aromatic carbocycles. The number of nitrogens with one attached hydrogen (secondary N) is 1. The van der Waals surface area contributed by atoms with Crippen LogP contribution >= 0.6 is 0 Å². The molecule has 0 unspecified atom stereocenters. The van der Waals surface area contributed by atoms with Crippen molar-refractivity contribution < 1.29 is 22.3 Å². The molecule has 3 heterocycles. The summed E-state index contributed by atoms with van der Waals surface area (Å²) in [5, 5.41) is 15.4. The average molecular weight is 605 g/mol. The summed E-state index contributed by atoms with van der Waals surface area (Å²) in [6.07, 6.45) is 3.66. The van der Waals surface area contributed by atoms with Crippen LogP contribution in [0.5, 0.6) is 0 Å². The highest BCUT2D eigenvalue weighted by Crippen LogP contribution is 2.40. The van der Waals surface area contributed by atoms with Crippen LogP contribution < -0.4 is 9.62 Å². The molecule has 0 spiro atoms. The predicted octanol–water partition coefficient (Wildman–Crippen LogP) is 6.23. The Bertz CT molecular complexity index is 1870. The number of carbonyl (C=O) groups excluding carboxylic acids is 1. The Labute approximate surface area is 250 Å². The summed E-state index contributed by atoms with van der Waals surface area (Å²) in [5.41, 5.74) is 1.98. The smallest absolute Gasteiger partial charge is 0.437 e. The first kappa shape index (κ1) is 30.0. The molecule has 12 heteroatoms. The topological polar surface area (TPSA) is 130 Å². The number of benzene rings is 2. The summed E-state index contributed by atoms with van der Waals surface area (Å²) in [4.78, 5) is 20.2. The minimum absolute atomic E-state index is 0.0155. The summed E-state index contributed by atoms with van der Waals surface area (Å²) >= 11 is 0. The Balaban J connectivity index is 1.75. The molecular formula is C31H33FN6O4S. The van der Waals surface area contributed by atoms with Crippen LogP contribution in [0.2, 0.25) is 0 Å². The number of pyridine rings is 1. The van der Waals surface area contributed by atoms with Crippen molar-refractivity contribution in [3.05, 3.63) is 59.5 Å². The molecule has 0 saturated carbocycles. The molecule has 1 N–H and O–H groups in total. The number of rotatable bonds is 5. The average Bonchev–Trinajstić information content (AvgIpc) is 3.27. The Morgan fingerprint density at radius 3 is 2.35 bits per heavy atom. The Morgan fingerprint density at radius 1 is 1.09 bits per heavy atom. The first-order valence-corrected chi connectivity index (χ1v) is 15.8. The van der Waals surface area contributed by atoms with Crippen LogP contribution in [0.1, 0.15) is 51.3 Å². The number of fused-ring (bicyclic) bond motifs is 1. The van der Waals surface area contributed by atoms with Crippen molar-refractivity contribution in [3.63, 3.8) is 0 Å². The molecule has 4 aromatic rings. The molecule has 1 saturated heterocycles. The lowest BCUT2D eigenvalue weighted by Crippen LogP contribution is -2.29. The van der Waals surface area contributed by atoms with E-state index in [9.17, 15) is 18.5 Å². The lowest BCUT2D eigenvalue weighted by Gasteiger charge is -2.29. The summed E-state index contributed by atoms with van der Waals surface area (Å²) < 4.78 is 47.8. The number of ether oxygens (including phenoxy) is 1. The van der Waals surface area contributed by atoms with E-state index in [4.69, 9.17) is 4.74 Å². The van der Waals surface area contributed by atoms with Gasteiger partial charge in [-0.15, -0.1) is 4.68 Å². The second kappa shape index (κ2) is 11.3. The van der Waals surface area contributed by atoms with Crippen LogP contribution in [-0.4, -0.2) is 54.2 Å². The molecule has 0 amide bonds. The van der Waals surface area contributed by atoms with Crippen LogP contribution in [0.3, 0.4) is 0 Å². The van der Waals surface area contributed by atoms with Gasteiger partial charge in [0.25, 0.3) is 0 Å². The lowest BCUT2D eigenvalue weighted by atomic mass is 9.93. The molecule has 5 rings (SSSR count). The van der Waals surface area contributed by atoms with Gasteiger partial charge in [0, 0.05) is 29.9 Å². The van der Waals surface area contributed by atoms with Gasteiger partial charge >= 0.3 is 6.09 Å². The van der Waals surface area contributed by atoms with E-state index in [1.54, 1.807) is 27.7 Å². The summed E-state index contributed by atoms with van der Waals surface area (Å²) in [5.74, 6) is -0.802. The van der Waals surface area contributed by atoms with Crippen molar-refractivity contribution in [2.45, 2.75) is 52.6 Å². The fraction of sp³-hybridized carbons (Fsp3) is 0.355. The molecule has 1 aliphatic rings. The second-order valence-electron chi connectivity index (χ2n) is 11.7. The lowest BCUT2D eigenvalue weighted by molar-refractivity contribution is 0.0521. The Morgan fingerprint density at radius 2 is 1.77 bits per heavy atom. The standard InChI is InChI=1S/C31H33FN6O4S/c1-19-26-27(20-9-12-22(13-10-20)37-15-7-6-8-16-37)24(18-33)28(23-14-11-21(17-25(23)32)36-43(5,40)41)34-29(26)38(35-19)30(39)42-31(2,3)4/h9-14,17,36H,6-8,15-16H2,1-5H3. The number of carbonyl (C=O) groups is 1. The Hall–Kier alpha value is -4.50. The third kappa shape index (κ3) is 6.32. The number of anilines is 2. The molecule has 0 aliphatic carbocycles. The molecule has 2 aromatic heterocycles. The maximum Gasteiger partial charge on any atom is 0.437 e. The first-order chi connectivity index (χ1) is 20.3. The summed E-state index contributed by atoms with van der Waals surface area (Å²) in [6.45, 7) is 8.84. The number of hydrogen-bond donors (Lipinski definition) is 1. The highest BCUT2D eigenvalue weighted by atomic mass is 32.2. The third-order valence-electron chi connectivity index (χ3n) is 7.07. The predicted molar refractivity (Wildman–Crippen MR) is 164 cm³/mol. The van der Waals surface area contributed by atoms with E-state index in [0.29, 0.717) is 22.2 Å². The maximum absolute atomic E-state index is 15.6. The first-order valence-electron chi connectivity index (χ1n) is 14.0. The van der Waals surface area contributed by atoms with Gasteiger partial charge in [-0.25, -0.2) is 22.6 Å². The SMILES string of the molecule is Cc1nn(C(=O)OC(C)(C)C)c2nc(-c3ccc(NS(C)(=O)=O)cc3F)c(C#N)c(-c3ccc(N4CCCCC4)cc3)c12. The van der Waals surface area contributed by atoms with E-state index in [-0.39, 0.29) is 28.2 Å². The molecule has 0 radical (unpaired) electrons. The highest BCUT2D eigenvalue weighted by Gasteiger charge is 2.28. The van der Waals surface area contributed by atoms with Gasteiger partial charge in [-0.1, -0.05) is 12.1 Å². The van der Waals surface area contributed by atoms with E-state index in [0.717, 1.165) is 48.6 Å². The maximum atomic E-state index is 15.6. The van der Waals surface area contributed by atoms with Gasteiger partial charge < -0.3 is 9.64 Å². The highest BCUT2D eigenvalue weighted by molar-refractivity contribution is 7.92. The number of aryl methyl sites for hydroxylation is 1. The molecule has 224 valence electrons. The zero-order valence-corrected chi connectivity index (χ0v) is 25.5. The van der Waals surface area contributed by atoms with E-state index < -0.39 is 27.5 Å². The van der Waals surface area contributed by atoms with E-state index >= 15 is 4.39 Å². The zero-order chi connectivity index (χ0) is 31.1. The largest absolute Gasteiger partial charge is 0.442 e. The molecular weight excluding hydrogens is 571 g/mol. The van der Waals surface area contributed by atoms with Gasteiger partial charge in [0.15, 0.2) is 5.65 Å². The fourth-order valence-corrected chi connectivity index (χ4v) is 5.87. The van der Waals surface area contributed by atoms with Gasteiger partial charge in [-0.2, -0.15) is 10.4 Å². The molecule has 10 nitrogen and oxygen atoms in total. The number of halogens is 1. The van der Waals surface area contributed by atoms with Crippen LogP contribution in [0.4, 0.5) is 20.6 Å². The van der Waals surface area contributed by atoms with Crippen LogP contribution in [0, 0.1) is 24.1 Å². The van der Waals surface area contributed by atoms with Crippen molar-refractivity contribution in [3.8, 4) is 28.5 Å². The number of nitrogens with zero attached hydrogens (tertiary/aromatic N) is 5. The van der Waals surface area contributed by atoms with E-state index in [1.807, 2.05) is 24.3 Å². The number of piperidine rings is 1. The van der Waals surface area contributed by atoms with Crippen LogP contribution in [0.15, 0.2) is 42.5 Å². The van der Waals surface area contributed by atoms with E-state index in [2.05, 4.69) is 25.8 Å². The minimum Gasteiger partial charge on any atom is -0.442 e. The zero-order valence-electron chi connectivity index (χ0n) is 24.7. The molecule has 1 fully saturated rings. The number of nitriles is 1. The van der Waals surface area contributed by atoms with Crippen LogP contribution in [0.25, 0.3) is 33.4 Å². The summed E-state index contributed by atoms with van der Waals surface area (Å²) in [7, 11) is -3.65. The second-order valence-corrected chi connectivity index (χ2v) is 13.4. The van der Waals surface area contributed by atoms with Crippen molar-refractivity contribution in [1.29, 1.82) is 5.26 Å². The van der Waals surface area contributed by atoms with Gasteiger partial charge in [0.1, 0.15) is 17.5 Å². The molecule has 43 heavy (non-hydrogen) atoms.